The maximum absolute atomic E-state index is 12.2. The summed E-state index contributed by atoms with van der Waals surface area (Å²) in [5, 5.41) is 26.8. The molecule has 2 aromatic rings. The van der Waals surface area contributed by atoms with E-state index in [1.54, 1.807) is 0 Å². The first-order valence-corrected chi connectivity index (χ1v) is 6.13. The summed E-state index contributed by atoms with van der Waals surface area (Å²) in [4.78, 5) is 24.3. The first-order valence-electron chi connectivity index (χ1n) is 6.13. The zero-order valence-electron chi connectivity index (χ0n) is 11.0. The summed E-state index contributed by atoms with van der Waals surface area (Å²) in [6, 6.07) is 5.36. The SMILES string of the molecule is O=C(O)c1ccc(N(CCO)C(=O)Nc2cn[nH]c2)cc1. The number of aromatic carboxylic acids is 1. The van der Waals surface area contributed by atoms with Gasteiger partial charge in [0.15, 0.2) is 0 Å². The van der Waals surface area contributed by atoms with Crippen molar-refractivity contribution in [3.63, 3.8) is 0 Å². The molecule has 8 heteroatoms. The molecule has 1 aromatic carbocycles. The Kier molecular flexibility index (Phi) is 4.52. The van der Waals surface area contributed by atoms with Gasteiger partial charge in [0.1, 0.15) is 0 Å². The number of carboxylic acids is 1. The van der Waals surface area contributed by atoms with Gasteiger partial charge in [0, 0.05) is 11.9 Å². The molecule has 4 N–H and O–H groups in total. The van der Waals surface area contributed by atoms with E-state index in [2.05, 4.69) is 15.5 Å². The van der Waals surface area contributed by atoms with Crippen molar-refractivity contribution in [3.8, 4) is 0 Å². The van der Waals surface area contributed by atoms with E-state index in [0.29, 0.717) is 11.4 Å². The van der Waals surface area contributed by atoms with Gasteiger partial charge in [-0.15, -0.1) is 0 Å². The lowest BCUT2D eigenvalue weighted by molar-refractivity contribution is 0.0697. The number of aliphatic hydroxyl groups is 1. The van der Waals surface area contributed by atoms with Crippen LogP contribution in [0.4, 0.5) is 16.2 Å². The van der Waals surface area contributed by atoms with Crippen LogP contribution in [0, 0.1) is 0 Å². The number of nitrogens with zero attached hydrogens (tertiary/aromatic N) is 2. The molecular weight excluding hydrogens is 276 g/mol. The molecular formula is C13H14N4O4. The van der Waals surface area contributed by atoms with E-state index in [4.69, 9.17) is 10.2 Å². The largest absolute Gasteiger partial charge is 0.478 e. The minimum atomic E-state index is -1.04. The second-order valence-electron chi connectivity index (χ2n) is 4.14. The Morgan fingerprint density at radius 2 is 2.00 bits per heavy atom. The highest BCUT2D eigenvalue weighted by molar-refractivity contribution is 6.01. The average Bonchev–Trinajstić information content (AvgIpc) is 2.97. The lowest BCUT2D eigenvalue weighted by Gasteiger charge is -2.22. The van der Waals surface area contributed by atoms with E-state index in [0.717, 1.165) is 0 Å². The van der Waals surface area contributed by atoms with Crippen molar-refractivity contribution >= 4 is 23.4 Å². The van der Waals surface area contributed by atoms with Crippen LogP contribution in [0.3, 0.4) is 0 Å². The fourth-order valence-electron chi connectivity index (χ4n) is 1.74. The van der Waals surface area contributed by atoms with Crippen LogP contribution in [0.25, 0.3) is 0 Å². The van der Waals surface area contributed by atoms with Gasteiger partial charge >= 0.3 is 12.0 Å². The molecule has 8 nitrogen and oxygen atoms in total. The lowest BCUT2D eigenvalue weighted by atomic mass is 10.2. The molecule has 0 spiro atoms. The second-order valence-corrected chi connectivity index (χ2v) is 4.14. The van der Waals surface area contributed by atoms with Crippen molar-refractivity contribution in [3.05, 3.63) is 42.2 Å². The molecule has 2 amide bonds. The smallest absolute Gasteiger partial charge is 0.335 e. The van der Waals surface area contributed by atoms with Crippen LogP contribution in [0.1, 0.15) is 10.4 Å². The van der Waals surface area contributed by atoms with Crippen molar-refractivity contribution in [1.29, 1.82) is 0 Å². The number of amides is 2. The van der Waals surface area contributed by atoms with E-state index in [9.17, 15) is 9.59 Å². The van der Waals surface area contributed by atoms with Crippen LogP contribution in [0.2, 0.25) is 0 Å². The predicted molar refractivity (Wildman–Crippen MR) is 75.4 cm³/mol. The van der Waals surface area contributed by atoms with E-state index in [-0.39, 0.29) is 18.7 Å². The van der Waals surface area contributed by atoms with Gasteiger partial charge in [0.25, 0.3) is 0 Å². The maximum Gasteiger partial charge on any atom is 0.335 e. The van der Waals surface area contributed by atoms with E-state index in [1.807, 2.05) is 0 Å². The summed E-state index contributed by atoms with van der Waals surface area (Å²) in [7, 11) is 0. The fourth-order valence-corrected chi connectivity index (χ4v) is 1.74. The first kappa shape index (κ1) is 14.5. The summed E-state index contributed by atoms with van der Waals surface area (Å²) in [6.07, 6.45) is 2.96. The molecule has 0 saturated carbocycles. The Bertz CT molecular complexity index is 610. The van der Waals surface area contributed by atoms with Crippen LogP contribution >= 0.6 is 0 Å². The number of hydrogen-bond acceptors (Lipinski definition) is 4. The molecule has 0 bridgehead atoms. The fraction of sp³-hybridized carbons (Fsp3) is 0.154. The number of carbonyl (C=O) groups is 2. The number of anilines is 2. The first-order chi connectivity index (χ1) is 10.1. The molecule has 0 atom stereocenters. The van der Waals surface area contributed by atoms with Crippen molar-refractivity contribution in [2.45, 2.75) is 0 Å². The Balaban J connectivity index is 2.17. The van der Waals surface area contributed by atoms with Crippen LogP contribution in [0.15, 0.2) is 36.7 Å². The number of carbonyl (C=O) groups excluding carboxylic acids is 1. The quantitative estimate of drug-likeness (QED) is 0.658. The number of nitrogens with one attached hydrogen (secondary N) is 2. The number of carboxylic acid groups (broad SMARTS) is 1. The van der Waals surface area contributed by atoms with Crippen LogP contribution < -0.4 is 10.2 Å². The molecule has 2 rings (SSSR count). The van der Waals surface area contributed by atoms with E-state index < -0.39 is 12.0 Å². The summed E-state index contributed by atoms with van der Waals surface area (Å²) in [5.74, 6) is -1.04. The van der Waals surface area contributed by atoms with Crippen molar-refractivity contribution in [2.24, 2.45) is 0 Å². The third-order valence-electron chi connectivity index (χ3n) is 2.74. The van der Waals surface area contributed by atoms with Gasteiger partial charge in [-0.2, -0.15) is 5.10 Å². The number of H-pyrrole nitrogens is 1. The third kappa shape index (κ3) is 3.57. The van der Waals surface area contributed by atoms with Crippen LogP contribution in [-0.4, -0.2) is 45.6 Å². The van der Waals surface area contributed by atoms with E-state index in [1.165, 1.54) is 41.6 Å². The Morgan fingerprint density at radius 3 is 2.52 bits per heavy atom. The molecule has 1 heterocycles. The number of aliphatic hydroxyl groups excluding tert-OH is 1. The van der Waals surface area contributed by atoms with Gasteiger partial charge in [-0.1, -0.05) is 0 Å². The van der Waals surface area contributed by atoms with Gasteiger partial charge in [-0.25, -0.2) is 9.59 Å². The number of rotatable bonds is 5. The summed E-state index contributed by atoms with van der Waals surface area (Å²) in [6.45, 7) is -0.143. The van der Waals surface area contributed by atoms with Gasteiger partial charge in [0.2, 0.25) is 0 Å². The molecule has 0 aliphatic rings. The average molecular weight is 290 g/mol. The topological polar surface area (TPSA) is 119 Å². The molecule has 0 saturated heterocycles. The zero-order chi connectivity index (χ0) is 15.2. The Hall–Kier alpha value is -2.87. The summed E-state index contributed by atoms with van der Waals surface area (Å²) >= 11 is 0. The van der Waals surface area contributed by atoms with Crippen LogP contribution in [0.5, 0.6) is 0 Å². The molecule has 0 unspecified atom stereocenters. The number of aromatic amines is 1. The number of benzene rings is 1. The monoisotopic (exact) mass is 290 g/mol. The number of hydrogen-bond donors (Lipinski definition) is 4. The van der Waals surface area contributed by atoms with Gasteiger partial charge in [-0.05, 0) is 24.3 Å². The molecule has 0 radical (unpaired) electrons. The van der Waals surface area contributed by atoms with Gasteiger partial charge < -0.3 is 15.5 Å². The molecule has 21 heavy (non-hydrogen) atoms. The van der Waals surface area contributed by atoms with Crippen molar-refractivity contribution in [2.75, 3.05) is 23.4 Å². The molecule has 0 aliphatic heterocycles. The molecule has 110 valence electrons. The molecule has 1 aromatic heterocycles. The zero-order valence-corrected chi connectivity index (χ0v) is 11.0. The molecule has 0 aliphatic carbocycles. The van der Waals surface area contributed by atoms with Crippen LogP contribution in [-0.2, 0) is 0 Å². The van der Waals surface area contributed by atoms with Crippen molar-refractivity contribution < 1.29 is 19.8 Å². The summed E-state index contributed by atoms with van der Waals surface area (Å²) in [5.41, 5.74) is 1.10. The predicted octanol–water partition coefficient (Wildman–Crippen LogP) is 1.14. The third-order valence-corrected chi connectivity index (χ3v) is 2.74. The highest BCUT2D eigenvalue weighted by Gasteiger charge is 2.16. The standard InChI is InChI=1S/C13H14N4O4/c18-6-5-17(13(21)16-10-7-14-15-8-10)11-3-1-9(2-4-11)12(19)20/h1-4,7-8,18H,5-6H2,(H,14,15)(H,16,21)(H,19,20). The highest BCUT2D eigenvalue weighted by atomic mass is 16.4. The molecule has 0 fully saturated rings. The normalized spacial score (nSPS) is 10.1. The summed E-state index contributed by atoms with van der Waals surface area (Å²) < 4.78 is 0. The number of urea groups is 1. The van der Waals surface area contributed by atoms with E-state index >= 15 is 0 Å². The second kappa shape index (κ2) is 6.53. The number of aromatic nitrogens is 2. The Morgan fingerprint density at radius 1 is 1.29 bits per heavy atom. The minimum Gasteiger partial charge on any atom is -0.478 e. The maximum atomic E-state index is 12.2. The lowest BCUT2D eigenvalue weighted by Crippen LogP contribution is -2.37. The Labute approximate surface area is 120 Å². The van der Waals surface area contributed by atoms with Gasteiger partial charge in [-0.3, -0.25) is 10.00 Å². The minimum absolute atomic E-state index is 0.0795. The van der Waals surface area contributed by atoms with Crippen molar-refractivity contribution in [1.82, 2.24) is 10.2 Å². The highest BCUT2D eigenvalue weighted by Crippen LogP contribution is 2.17. The van der Waals surface area contributed by atoms with Gasteiger partial charge in [0.05, 0.1) is 30.6 Å².